The van der Waals surface area contributed by atoms with Crippen LogP contribution < -0.4 is 5.32 Å². The number of benzene rings is 2. The van der Waals surface area contributed by atoms with E-state index in [2.05, 4.69) is 23.5 Å². The molecule has 4 rings (SSSR count). The maximum Gasteiger partial charge on any atom is 0.254 e. The van der Waals surface area contributed by atoms with Gasteiger partial charge in [0.2, 0.25) is 5.91 Å². The number of carbonyl (C=O) groups excluding carboxylic acids is 2. The van der Waals surface area contributed by atoms with Crippen LogP contribution in [0.5, 0.6) is 0 Å². The molecule has 0 radical (unpaired) electrons. The van der Waals surface area contributed by atoms with E-state index < -0.39 is 0 Å². The molecule has 0 aromatic heterocycles. The Balaban J connectivity index is 1.33. The van der Waals surface area contributed by atoms with Crippen LogP contribution in [0.3, 0.4) is 0 Å². The molecular formula is C24H28N2O2. The fourth-order valence-corrected chi connectivity index (χ4v) is 4.32. The van der Waals surface area contributed by atoms with E-state index in [-0.39, 0.29) is 17.7 Å². The molecule has 1 aliphatic carbocycles. The molecule has 2 aromatic rings. The summed E-state index contributed by atoms with van der Waals surface area (Å²) in [4.78, 5) is 27.1. The van der Waals surface area contributed by atoms with Crippen LogP contribution in [-0.2, 0) is 24.3 Å². The van der Waals surface area contributed by atoms with E-state index in [0.29, 0.717) is 18.7 Å². The summed E-state index contributed by atoms with van der Waals surface area (Å²) in [7, 11) is 0. The highest BCUT2D eigenvalue weighted by molar-refractivity contribution is 5.94. The smallest absolute Gasteiger partial charge is 0.254 e. The first-order chi connectivity index (χ1) is 13.7. The predicted octanol–water partition coefficient (Wildman–Crippen LogP) is 4.08. The molecule has 0 unspecified atom stereocenters. The molecular weight excluding hydrogens is 348 g/mol. The monoisotopic (exact) mass is 376 g/mol. The summed E-state index contributed by atoms with van der Waals surface area (Å²) in [6, 6.07) is 16.0. The molecule has 2 aromatic carbocycles. The Hall–Kier alpha value is -2.62. The molecule has 1 fully saturated rings. The van der Waals surface area contributed by atoms with Crippen molar-refractivity contribution in [3.8, 4) is 0 Å². The van der Waals surface area contributed by atoms with Gasteiger partial charge in [-0.2, -0.15) is 0 Å². The van der Waals surface area contributed by atoms with Crippen molar-refractivity contribution in [3.63, 3.8) is 0 Å². The van der Waals surface area contributed by atoms with Gasteiger partial charge in [-0.1, -0.05) is 55.7 Å². The summed E-state index contributed by atoms with van der Waals surface area (Å²) in [5, 5.41) is 3.06. The zero-order valence-electron chi connectivity index (χ0n) is 16.3. The van der Waals surface area contributed by atoms with Gasteiger partial charge < -0.3 is 10.2 Å². The first kappa shape index (κ1) is 18.7. The van der Waals surface area contributed by atoms with Crippen LogP contribution >= 0.6 is 0 Å². The number of rotatable bonds is 4. The molecule has 146 valence electrons. The first-order valence-corrected chi connectivity index (χ1v) is 10.4. The third-order valence-electron chi connectivity index (χ3n) is 6.06. The Labute approximate surface area is 166 Å². The van der Waals surface area contributed by atoms with Crippen LogP contribution in [0, 0.1) is 5.92 Å². The molecule has 0 spiro atoms. The Morgan fingerprint density at radius 1 is 0.929 bits per heavy atom. The van der Waals surface area contributed by atoms with E-state index >= 15 is 0 Å². The number of amides is 2. The van der Waals surface area contributed by atoms with E-state index in [4.69, 9.17) is 0 Å². The molecule has 1 saturated carbocycles. The van der Waals surface area contributed by atoms with Crippen molar-refractivity contribution in [3.05, 3.63) is 70.8 Å². The van der Waals surface area contributed by atoms with E-state index in [0.717, 1.165) is 44.2 Å². The number of fused-ring (bicyclic) bond motifs is 1. The van der Waals surface area contributed by atoms with Gasteiger partial charge in [0.05, 0.1) is 0 Å². The largest absolute Gasteiger partial charge is 0.352 e. The third-order valence-corrected chi connectivity index (χ3v) is 6.06. The lowest BCUT2D eigenvalue weighted by Gasteiger charge is -2.29. The van der Waals surface area contributed by atoms with Gasteiger partial charge in [0.25, 0.3) is 5.91 Å². The third kappa shape index (κ3) is 4.27. The normalized spacial score (nSPS) is 17.1. The van der Waals surface area contributed by atoms with Crippen LogP contribution in [0.1, 0.15) is 59.2 Å². The average molecular weight is 377 g/mol. The number of nitrogens with one attached hydrogen (secondary N) is 1. The Bertz CT molecular complexity index is 838. The zero-order chi connectivity index (χ0) is 19.3. The van der Waals surface area contributed by atoms with Crippen LogP contribution in [0.2, 0.25) is 0 Å². The summed E-state index contributed by atoms with van der Waals surface area (Å²) in [5.41, 5.74) is 4.33. The van der Waals surface area contributed by atoms with Crippen molar-refractivity contribution in [2.45, 2.75) is 51.6 Å². The summed E-state index contributed by atoms with van der Waals surface area (Å²) in [5.74, 6) is 0.427. The summed E-state index contributed by atoms with van der Waals surface area (Å²) < 4.78 is 0. The highest BCUT2D eigenvalue weighted by Crippen LogP contribution is 2.24. The Morgan fingerprint density at radius 3 is 2.39 bits per heavy atom. The fraction of sp³-hybridized carbons (Fsp3) is 0.417. The van der Waals surface area contributed by atoms with Gasteiger partial charge >= 0.3 is 0 Å². The molecule has 0 bridgehead atoms. The minimum atomic E-state index is 0.0762. The molecule has 4 nitrogen and oxygen atoms in total. The summed E-state index contributed by atoms with van der Waals surface area (Å²) >= 11 is 0. The molecule has 1 aliphatic heterocycles. The number of carbonyl (C=O) groups is 2. The van der Waals surface area contributed by atoms with Crippen LogP contribution in [-0.4, -0.2) is 23.3 Å². The molecule has 1 heterocycles. The minimum absolute atomic E-state index is 0.0762. The molecule has 2 amide bonds. The zero-order valence-corrected chi connectivity index (χ0v) is 16.3. The molecule has 0 atom stereocenters. The lowest BCUT2D eigenvalue weighted by Crippen LogP contribution is -2.36. The van der Waals surface area contributed by atoms with Gasteiger partial charge in [0.15, 0.2) is 0 Å². The predicted molar refractivity (Wildman–Crippen MR) is 110 cm³/mol. The van der Waals surface area contributed by atoms with E-state index in [1.54, 1.807) is 0 Å². The molecule has 1 N–H and O–H groups in total. The number of hydrogen-bond acceptors (Lipinski definition) is 2. The molecule has 0 saturated heterocycles. The van der Waals surface area contributed by atoms with Crippen molar-refractivity contribution in [2.24, 2.45) is 5.92 Å². The van der Waals surface area contributed by atoms with Crippen molar-refractivity contribution in [2.75, 3.05) is 6.54 Å². The van der Waals surface area contributed by atoms with Crippen molar-refractivity contribution in [1.82, 2.24) is 10.2 Å². The second kappa shape index (κ2) is 8.59. The maximum absolute atomic E-state index is 12.8. The van der Waals surface area contributed by atoms with Crippen molar-refractivity contribution < 1.29 is 9.59 Å². The molecule has 4 heteroatoms. The molecule has 2 aliphatic rings. The van der Waals surface area contributed by atoms with E-state index in [9.17, 15) is 9.59 Å². The van der Waals surface area contributed by atoms with E-state index in [1.807, 2.05) is 35.2 Å². The standard InChI is InChI=1S/C24H28N2O2/c27-23(20-7-2-1-3-8-20)25-16-18-10-12-21(13-11-18)24(28)26-15-14-19-6-4-5-9-22(19)17-26/h4-6,9-13,20H,1-3,7-8,14-17H2,(H,25,27). The van der Waals surface area contributed by atoms with Crippen LogP contribution in [0.15, 0.2) is 48.5 Å². The highest BCUT2D eigenvalue weighted by Gasteiger charge is 2.22. The van der Waals surface area contributed by atoms with Crippen LogP contribution in [0.25, 0.3) is 0 Å². The fourth-order valence-electron chi connectivity index (χ4n) is 4.32. The first-order valence-electron chi connectivity index (χ1n) is 10.4. The van der Waals surface area contributed by atoms with Gasteiger partial charge in [-0.25, -0.2) is 0 Å². The van der Waals surface area contributed by atoms with Crippen LogP contribution in [0.4, 0.5) is 0 Å². The van der Waals surface area contributed by atoms with Gasteiger partial charge in [0.1, 0.15) is 0 Å². The maximum atomic E-state index is 12.8. The number of hydrogen-bond donors (Lipinski definition) is 1. The van der Waals surface area contributed by atoms with Gasteiger partial charge in [-0.3, -0.25) is 9.59 Å². The van der Waals surface area contributed by atoms with Gasteiger partial charge in [-0.15, -0.1) is 0 Å². The second-order valence-corrected chi connectivity index (χ2v) is 8.00. The van der Waals surface area contributed by atoms with Gasteiger partial charge in [-0.05, 0) is 48.1 Å². The number of nitrogens with zero attached hydrogens (tertiary/aromatic N) is 1. The van der Waals surface area contributed by atoms with Crippen molar-refractivity contribution in [1.29, 1.82) is 0 Å². The molecule has 28 heavy (non-hydrogen) atoms. The SMILES string of the molecule is O=C(NCc1ccc(C(=O)N2CCc3ccccc3C2)cc1)C1CCCCC1. The Morgan fingerprint density at radius 2 is 1.64 bits per heavy atom. The minimum Gasteiger partial charge on any atom is -0.352 e. The Kier molecular flexibility index (Phi) is 5.75. The summed E-state index contributed by atoms with van der Waals surface area (Å²) in [6.07, 6.45) is 6.51. The lowest BCUT2D eigenvalue weighted by molar-refractivity contribution is -0.126. The van der Waals surface area contributed by atoms with E-state index in [1.165, 1.54) is 17.5 Å². The quantitative estimate of drug-likeness (QED) is 0.874. The lowest BCUT2D eigenvalue weighted by atomic mass is 9.88. The highest BCUT2D eigenvalue weighted by atomic mass is 16.2. The summed E-state index contributed by atoms with van der Waals surface area (Å²) in [6.45, 7) is 1.96. The van der Waals surface area contributed by atoms with Gasteiger partial charge in [0, 0.05) is 31.1 Å². The van der Waals surface area contributed by atoms with Crippen molar-refractivity contribution >= 4 is 11.8 Å². The average Bonchev–Trinajstić information content (AvgIpc) is 2.77. The topological polar surface area (TPSA) is 49.4 Å². The second-order valence-electron chi connectivity index (χ2n) is 8.00.